The number of pyridine rings is 2. The van der Waals surface area contributed by atoms with Gasteiger partial charge in [-0.05, 0) is 35.0 Å². The molecule has 0 radical (unpaired) electrons. The van der Waals surface area contributed by atoms with Gasteiger partial charge in [-0.25, -0.2) is 4.98 Å². The summed E-state index contributed by atoms with van der Waals surface area (Å²) in [6.45, 7) is 0.283. The van der Waals surface area contributed by atoms with Gasteiger partial charge in [-0.1, -0.05) is 42.5 Å². The number of carbonyl (C=O) groups is 1. The van der Waals surface area contributed by atoms with Gasteiger partial charge in [0.05, 0.1) is 0 Å². The highest BCUT2D eigenvalue weighted by molar-refractivity contribution is 5.99. The molecule has 2 heterocycles. The SMILES string of the molecule is O=C(C[n+]1ccccc1-c1ccccn1)c1ccc2ccccc2c1. The maximum absolute atomic E-state index is 12.8. The fraction of sp³-hybridized carbons (Fsp3) is 0.0455. The van der Waals surface area contributed by atoms with Crippen LogP contribution in [0, 0.1) is 0 Å². The summed E-state index contributed by atoms with van der Waals surface area (Å²) in [5, 5.41) is 2.22. The van der Waals surface area contributed by atoms with E-state index < -0.39 is 0 Å². The minimum atomic E-state index is 0.0825. The molecule has 0 unspecified atom stereocenters. The van der Waals surface area contributed by atoms with Crippen molar-refractivity contribution in [1.29, 1.82) is 0 Å². The van der Waals surface area contributed by atoms with E-state index in [1.165, 1.54) is 0 Å². The highest BCUT2D eigenvalue weighted by atomic mass is 16.1. The molecule has 0 aliphatic carbocycles. The lowest BCUT2D eigenvalue weighted by molar-refractivity contribution is -0.672. The average Bonchev–Trinajstić information content (AvgIpc) is 2.68. The van der Waals surface area contributed by atoms with Gasteiger partial charge in [-0.3, -0.25) is 4.79 Å². The molecule has 0 spiro atoms. The molecule has 3 heteroatoms. The molecule has 25 heavy (non-hydrogen) atoms. The second-order valence-electron chi connectivity index (χ2n) is 5.91. The first-order valence-electron chi connectivity index (χ1n) is 8.23. The Morgan fingerprint density at radius 3 is 2.48 bits per heavy atom. The molecule has 0 bridgehead atoms. The molecule has 0 N–H and O–H groups in total. The fourth-order valence-corrected chi connectivity index (χ4v) is 2.97. The molecule has 0 saturated carbocycles. The standard InChI is InChI=1S/C22H17N2O/c25-22(19-12-11-17-7-1-2-8-18(17)15-19)16-24-14-6-4-10-21(24)20-9-3-5-13-23-20/h1-15H,16H2/q+1. The first-order chi connectivity index (χ1) is 12.3. The third-order valence-corrected chi connectivity index (χ3v) is 4.25. The molecule has 3 nitrogen and oxygen atoms in total. The molecular weight excluding hydrogens is 308 g/mol. The van der Waals surface area contributed by atoms with Gasteiger partial charge in [-0.2, -0.15) is 4.57 Å². The van der Waals surface area contributed by atoms with E-state index in [9.17, 15) is 4.79 Å². The number of benzene rings is 2. The fourth-order valence-electron chi connectivity index (χ4n) is 2.97. The van der Waals surface area contributed by atoms with Gasteiger partial charge in [0.25, 0.3) is 0 Å². The van der Waals surface area contributed by atoms with Gasteiger partial charge in [0.15, 0.2) is 6.20 Å². The van der Waals surface area contributed by atoms with Crippen LogP contribution in [0.3, 0.4) is 0 Å². The van der Waals surface area contributed by atoms with Gasteiger partial charge in [-0.15, -0.1) is 0 Å². The largest absolute Gasteiger partial charge is 0.287 e. The zero-order valence-corrected chi connectivity index (χ0v) is 13.7. The Morgan fingerprint density at radius 1 is 0.840 bits per heavy atom. The molecule has 0 fully saturated rings. The highest BCUT2D eigenvalue weighted by Gasteiger charge is 2.18. The van der Waals surface area contributed by atoms with Crippen molar-refractivity contribution in [3.8, 4) is 11.4 Å². The topological polar surface area (TPSA) is 33.8 Å². The molecule has 0 aliphatic heterocycles. The molecule has 4 rings (SSSR count). The van der Waals surface area contributed by atoms with Crippen LogP contribution in [0.4, 0.5) is 0 Å². The molecule has 4 aromatic rings. The molecule has 0 amide bonds. The number of carbonyl (C=O) groups excluding carboxylic acids is 1. The van der Waals surface area contributed by atoms with Crippen LogP contribution in [0.1, 0.15) is 10.4 Å². The van der Waals surface area contributed by atoms with E-state index in [0.717, 1.165) is 27.7 Å². The van der Waals surface area contributed by atoms with Crippen molar-refractivity contribution < 1.29 is 9.36 Å². The minimum absolute atomic E-state index is 0.0825. The zero-order valence-electron chi connectivity index (χ0n) is 13.7. The molecule has 2 aromatic carbocycles. The van der Waals surface area contributed by atoms with Crippen LogP contribution in [0.25, 0.3) is 22.2 Å². The molecule has 120 valence electrons. The predicted molar refractivity (Wildman–Crippen MR) is 98.1 cm³/mol. The Hall–Kier alpha value is -3.33. The second-order valence-corrected chi connectivity index (χ2v) is 5.91. The van der Waals surface area contributed by atoms with Crippen LogP contribution in [-0.4, -0.2) is 10.8 Å². The highest BCUT2D eigenvalue weighted by Crippen LogP contribution is 2.16. The van der Waals surface area contributed by atoms with Gasteiger partial charge >= 0.3 is 0 Å². The monoisotopic (exact) mass is 325 g/mol. The van der Waals surface area contributed by atoms with Crippen molar-refractivity contribution in [1.82, 2.24) is 4.98 Å². The maximum Gasteiger partial charge on any atom is 0.231 e. The Morgan fingerprint density at radius 2 is 1.64 bits per heavy atom. The number of fused-ring (bicyclic) bond motifs is 1. The zero-order chi connectivity index (χ0) is 17.1. The van der Waals surface area contributed by atoms with Crippen molar-refractivity contribution in [2.24, 2.45) is 0 Å². The summed E-state index contributed by atoms with van der Waals surface area (Å²) in [4.78, 5) is 17.2. The van der Waals surface area contributed by atoms with Crippen molar-refractivity contribution >= 4 is 16.6 Å². The van der Waals surface area contributed by atoms with E-state index in [1.54, 1.807) is 6.20 Å². The minimum Gasteiger partial charge on any atom is -0.287 e. The lowest BCUT2D eigenvalue weighted by Crippen LogP contribution is -2.39. The number of nitrogens with zero attached hydrogens (tertiary/aromatic N) is 2. The summed E-state index contributed by atoms with van der Waals surface area (Å²) < 4.78 is 1.94. The first-order valence-corrected chi connectivity index (χ1v) is 8.23. The van der Waals surface area contributed by atoms with Crippen LogP contribution >= 0.6 is 0 Å². The van der Waals surface area contributed by atoms with Crippen molar-refractivity contribution in [2.45, 2.75) is 6.54 Å². The number of Topliss-reactive ketones (excluding diaryl/α,β-unsaturated/α-hetero) is 1. The molecular formula is C22H17N2O+. The molecule has 0 saturated heterocycles. The maximum atomic E-state index is 12.8. The number of hydrogen-bond donors (Lipinski definition) is 0. The average molecular weight is 325 g/mol. The summed E-state index contributed by atoms with van der Waals surface area (Å²) in [6.07, 6.45) is 3.68. The van der Waals surface area contributed by atoms with Gasteiger partial charge in [0, 0.05) is 23.9 Å². The third-order valence-electron chi connectivity index (χ3n) is 4.25. The van der Waals surface area contributed by atoms with E-state index in [4.69, 9.17) is 0 Å². The second kappa shape index (κ2) is 6.65. The molecule has 2 aromatic heterocycles. The Balaban J connectivity index is 1.67. The number of rotatable bonds is 4. The molecule has 0 atom stereocenters. The first kappa shape index (κ1) is 15.2. The number of ketones is 1. The Bertz CT molecular complexity index is 1040. The van der Waals surface area contributed by atoms with E-state index >= 15 is 0 Å². The summed E-state index contributed by atoms with van der Waals surface area (Å²) in [7, 11) is 0. The van der Waals surface area contributed by atoms with Crippen LogP contribution in [-0.2, 0) is 6.54 Å². The van der Waals surface area contributed by atoms with E-state index in [1.807, 2.05) is 83.6 Å². The Labute approximate surface area is 146 Å². The van der Waals surface area contributed by atoms with Crippen LogP contribution < -0.4 is 4.57 Å². The smallest absolute Gasteiger partial charge is 0.231 e. The normalized spacial score (nSPS) is 10.7. The summed E-state index contributed by atoms with van der Waals surface area (Å²) in [5.74, 6) is 0.0825. The van der Waals surface area contributed by atoms with Crippen molar-refractivity contribution in [3.05, 3.63) is 96.8 Å². The van der Waals surface area contributed by atoms with E-state index in [2.05, 4.69) is 11.1 Å². The van der Waals surface area contributed by atoms with E-state index in [0.29, 0.717) is 0 Å². The molecule has 0 aliphatic rings. The van der Waals surface area contributed by atoms with Crippen molar-refractivity contribution in [3.63, 3.8) is 0 Å². The van der Waals surface area contributed by atoms with Gasteiger partial charge < -0.3 is 0 Å². The van der Waals surface area contributed by atoms with Gasteiger partial charge in [0.2, 0.25) is 18.0 Å². The van der Waals surface area contributed by atoms with Crippen LogP contribution in [0.15, 0.2) is 91.3 Å². The predicted octanol–water partition coefficient (Wildman–Crippen LogP) is 4.07. The van der Waals surface area contributed by atoms with Crippen LogP contribution in [0.2, 0.25) is 0 Å². The quantitative estimate of drug-likeness (QED) is 0.419. The summed E-state index contributed by atoms with van der Waals surface area (Å²) in [5.41, 5.74) is 2.51. The Kier molecular flexibility index (Phi) is 4.05. The number of hydrogen-bond acceptors (Lipinski definition) is 2. The van der Waals surface area contributed by atoms with Gasteiger partial charge in [0.1, 0.15) is 5.69 Å². The van der Waals surface area contributed by atoms with Crippen LogP contribution in [0.5, 0.6) is 0 Å². The summed E-state index contributed by atoms with van der Waals surface area (Å²) >= 11 is 0. The third kappa shape index (κ3) is 3.17. The van der Waals surface area contributed by atoms with Crippen molar-refractivity contribution in [2.75, 3.05) is 0 Å². The summed E-state index contributed by atoms with van der Waals surface area (Å²) in [6, 6.07) is 25.6. The lowest BCUT2D eigenvalue weighted by atomic mass is 10.0. The number of aromatic nitrogens is 2. The van der Waals surface area contributed by atoms with E-state index in [-0.39, 0.29) is 12.3 Å². The lowest BCUT2D eigenvalue weighted by Gasteiger charge is -2.04.